The molecular weight excluding hydrogens is 188 g/mol. The first-order chi connectivity index (χ1) is 5.91. The molecule has 0 unspecified atom stereocenters. The second kappa shape index (κ2) is 3.43. The Morgan fingerprint density at radius 3 is 2.54 bits per heavy atom. The number of sulfonamides is 1. The van der Waals surface area contributed by atoms with Gasteiger partial charge in [0.05, 0.1) is 4.90 Å². The molecule has 0 spiro atoms. The van der Waals surface area contributed by atoms with Gasteiger partial charge in [-0.3, -0.25) is 4.98 Å². The first-order valence-electron chi connectivity index (χ1n) is 3.90. The van der Waals surface area contributed by atoms with E-state index in [4.69, 9.17) is 5.14 Å². The van der Waals surface area contributed by atoms with E-state index in [0.717, 1.165) is 5.69 Å². The summed E-state index contributed by atoms with van der Waals surface area (Å²) in [6.45, 7) is 3.88. The van der Waals surface area contributed by atoms with Crippen LogP contribution in [0.15, 0.2) is 23.2 Å². The second-order valence-electron chi connectivity index (χ2n) is 3.12. The van der Waals surface area contributed by atoms with Gasteiger partial charge in [-0.1, -0.05) is 13.8 Å². The van der Waals surface area contributed by atoms with Crippen molar-refractivity contribution < 1.29 is 8.42 Å². The van der Waals surface area contributed by atoms with Crippen molar-refractivity contribution in [3.8, 4) is 0 Å². The second-order valence-corrected chi connectivity index (χ2v) is 4.68. The van der Waals surface area contributed by atoms with Gasteiger partial charge in [-0.25, -0.2) is 13.6 Å². The van der Waals surface area contributed by atoms with Crippen molar-refractivity contribution in [3.05, 3.63) is 24.0 Å². The highest BCUT2D eigenvalue weighted by atomic mass is 32.2. The molecule has 0 amide bonds. The molecule has 4 nitrogen and oxygen atoms in total. The lowest BCUT2D eigenvalue weighted by Crippen LogP contribution is -2.12. The zero-order valence-electron chi connectivity index (χ0n) is 7.56. The minimum atomic E-state index is -3.60. The molecule has 0 aromatic carbocycles. The average Bonchev–Trinajstić information content (AvgIpc) is 2.03. The molecule has 13 heavy (non-hydrogen) atoms. The fourth-order valence-electron chi connectivity index (χ4n) is 0.921. The summed E-state index contributed by atoms with van der Waals surface area (Å²) in [5.74, 6) is 0.196. The van der Waals surface area contributed by atoms with E-state index in [2.05, 4.69) is 4.98 Å². The van der Waals surface area contributed by atoms with Crippen LogP contribution in [-0.2, 0) is 10.0 Å². The van der Waals surface area contributed by atoms with Crippen LogP contribution in [0.3, 0.4) is 0 Å². The highest BCUT2D eigenvalue weighted by molar-refractivity contribution is 7.89. The Kier molecular flexibility index (Phi) is 2.68. The van der Waals surface area contributed by atoms with E-state index in [1.54, 1.807) is 0 Å². The van der Waals surface area contributed by atoms with Gasteiger partial charge in [-0.05, 0) is 18.1 Å². The maximum Gasteiger partial charge on any atom is 0.238 e. The minimum Gasteiger partial charge on any atom is -0.261 e. The van der Waals surface area contributed by atoms with Crippen molar-refractivity contribution in [1.29, 1.82) is 0 Å². The van der Waals surface area contributed by atoms with Gasteiger partial charge < -0.3 is 0 Å². The summed E-state index contributed by atoms with van der Waals surface area (Å²) >= 11 is 0. The molecule has 0 saturated carbocycles. The molecule has 0 aliphatic heterocycles. The summed E-state index contributed by atoms with van der Waals surface area (Å²) in [6, 6.07) is 2.89. The Bertz CT molecular complexity index is 398. The Balaban J connectivity index is 3.21. The van der Waals surface area contributed by atoms with Crippen LogP contribution in [0.25, 0.3) is 0 Å². The van der Waals surface area contributed by atoms with Gasteiger partial charge >= 0.3 is 0 Å². The van der Waals surface area contributed by atoms with Gasteiger partial charge in [-0.2, -0.15) is 0 Å². The Morgan fingerprint density at radius 2 is 2.08 bits per heavy atom. The lowest BCUT2D eigenvalue weighted by atomic mass is 10.1. The number of rotatable bonds is 2. The maximum atomic E-state index is 11.0. The highest BCUT2D eigenvalue weighted by Gasteiger charge is 2.09. The number of nitrogens with zero attached hydrogens (tertiary/aromatic N) is 1. The number of aromatic nitrogens is 1. The van der Waals surface area contributed by atoms with Crippen LogP contribution in [-0.4, -0.2) is 13.4 Å². The molecule has 1 aromatic heterocycles. The molecular formula is C8H12N2O2S. The molecule has 0 bridgehead atoms. The topological polar surface area (TPSA) is 73.1 Å². The van der Waals surface area contributed by atoms with Crippen LogP contribution in [0.4, 0.5) is 0 Å². The van der Waals surface area contributed by atoms with Crippen molar-refractivity contribution in [2.75, 3.05) is 0 Å². The zero-order valence-corrected chi connectivity index (χ0v) is 8.38. The quantitative estimate of drug-likeness (QED) is 0.769. The molecule has 0 fully saturated rings. The van der Waals surface area contributed by atoms with Crippen LogP contribution < -0.4 is 5.14 Å². The van der Waals surface area contributed by atoms with Gasteiger partial charge in [0.15, 0.2) is 0 Å². The molecule has 1 aromatic rings. The Hall–Kier alpha value is -0.940. The van der Waals surface area contributed by atoms with Crippen molar-refractivity contribution in [2.45, 2.75) is 24.7 Å². The maximum absolute atomic E-state index is 11.0. The lowest BCUT2D eigenvalue weighted by molar-refractivity contribution is 0.597. The Labute approximate surface area is 77.8 Å². The monoisotopic (exact) mass is 200 g/mol. The van der Waals surface area contributed by atoms with Gasteiger partial charge in [0.1, 0.15) is 0 Å². The third kappa shape index (κ3) is 2.50. The number of hydrogen-bond acceptors (Lipinski definition) is 3. The largest absolute Gasteiger partial charge is 0.261 e. The van der Waals surface area contributed by atoms with Gasteiger partial charge in [0.25, 0.3) is 0 Å². The fraction of sp³-hybridized carbons (Fsp3) is 0.375. The minimum absolute atomic E-state index is 0.117. The standard InChI is InChI=1S/C8H12N2O2S/c1-6(2)8-5-7(3-4-10-8)13(9,11)12/h3-6H,1-2H3,(H2,9,11,12). The highest BCUT2D eigenvalue weighted by Crippen LogP contribution is 2.14. The zero-order chi connectivity index (χ0) is 10.1. The van der Waals surface area contributed by atoms with Crippen molar-refractivity contribution in [2.24, 2.45) is 5.14 Å². The molecule has 1 heterocycles. The molecule has 5 heteroatoms. The van der Waals surface area contributed by atoms with Gasteiger partial charge in [0, 0.05) is 11.9 Å². The summed E-state index contributed by atoms with van der Waals surface area (Å²) in [4.78, 5) is 4.15. The van der Waals surface area contributed by atoms with E-state index in [1.165, 1.54) is 18.3 Å². The molecule has 2 N–H and O–H groups in total. The molecule has 0 saturated heterocycles. The number of nitrogens with two attached hydrogens (primary N) is 1. The summed E-state index contributed by atoms with van der Waals surface area (Å²) in [6.07, 6.45) is 1.45. The van der Waals surface area contributed by atoms with Crippen LogP contribution >= 0.6 is 0 Å². The van der Waals surface area contributed by atoms with Crippen LogP contribution in [0.2, 0.25) is 0 Å². The first kappa shape index (κ1) is 10.1. The molecule has 0 aliphatic rings. The molecule has 0 atom stereocenters. The predicted octanol–water partition coefficient (Wildman–Crippen LogP) is 0.852. The van der Waals surface area contributed by atoms with Crippen LogP contribution in [0.5, 0.6) is 0 Å². The normalized spacial score (nSPS) is 12.0. The predicted molar refractivity (Wildman–Crippen MR) is 49.7 cm³/mol. The summed E-state index contributed by atoms with van der Waals surface area (Å²) in [5, 5.41) is 4.97. The van der Waals surface area contributed by atoms with Gasteiger partial charge in [-0.15, -0.1) is 0 Å². The SMILES string of the molecule is CC(C)c1cc(S(N)(=O)=O)ccn1. The first-order valence-corrected chi connectivity index (χ1v) is 5.44. The number of primary sulfonamides is 1. The lowest BCUT2D eigenvalue weighted by Gasteiger charge is -2.04. The summed E-state index contributed by atoms with van der Waals surface area (Å²) in [7, 11) is -3.60. The van der Waals surface area contributed by atoms with E-state index >= 15 is 0 Å². The molecule has 72 valence electrons. The molecule has 1 rings (SSSR count). The molecule has 0 aliphatic carbocycles. The molecule has 0 radical (unpaired) electrons. The van der Waals surface area contributed by atoms with E-state index in [0.29, 0.717) is 0 Å². The van der Waals surface area contributed by atoms with E-state index in [-0.39, 0.29) is 10.8 Å². The van der Waals surface area contributed by atoms with Crippen LogP contribution in [0, 0.1) is 0 Å². The fourth-order valence-corrected chi connectivity index (χ4v) is 1.46. The Morgan fingerprint density at radius 1 is 1.46 bits per heavy atom. The van der Waals surface area contributed by atoms with Crippen molar-refractivity contribution in [3.63, 3.8) is 0 Å². The number of pyridine rings is 1. The van der Waals surface area contributed by atoms with Gasteiger partial charge in [0.2, 0.25) is 10.0 Å². The average molecular weight is 200 g/mol. The number of hydrogen-bond donors (Lipinski definition) is 1. The van der Waals surface area contributed by atoms with Crippen LogP contribution in [0.1, 0.15) is 25.5 Å². The summed E-state index contributed by atoms with van der Waals surface area (Å²) in [5.41, 5.74) is 0.728. The van der Waals surface area contributed by atoms with E-state index in [9.17, 15) is 8.42 Å². The van der Waals surface area contributed by atoms with Crippen molar-refractivity contribution >= 4 is 10.0 Å². The van der Waals surface area contributed by atoms with E-state index < -0.39 is 10.0 Å². The smallest absolute Gasteiger partial charge is 0.238 e. The van der Waals surface area contributed by atoms with E-state index in [1.807, 2.05) is 13.8 Å². The third-order valence-corrected chi connectivity index (χ3v) is 2.58. The summed E-state index contributed by atoms with van der Waals surface area (Å²) < 4.78 is 21.9. The van der Waals surface area contributed by atoms with Crippen molar-refractivity contribution in [1.82, 2.24) is 4.98 Å². The third-order valence-electron chi connectivity index (χ3n) is 1.67.